The number of likely N-dealkylation sites (N-methyl/N-ethyl adjacent to an activating group) is 1. The van der Waals surface area contributed by atoms with Gasteiger partial charge in [0.2, 0.25) is 0 Å². The van der Waals surface area contributed by atoms with Gasteiger partial charge in [0, 0.05) is 32.1 Å². The summed E-state index contributed by atoms with van der Waals surface area (Å²) in [6, 6.07) is -0.332. The molecule has 1 fully saturated rings. The van der Waals surface area contributed by atoms with Crippen molar-refractivity contribution >= 4 is 6.03 Å². The highest BCUT2D eigenvalue weighted by molar-refractivity contribution is 5.72. The van der Waals surface area contributed by atoms with E-state index in [0.29, 0.717) is 12.5 Å². The highest BCUT2D eigenvalue weighted by Gasteiger charge is 2.29. The van der Waals surface area contributed by atoms with E-state index in [1.54, 1.807) is 4.90 Å². The lowest BCUT2D eigenvalue weighted by Crippen LogP contribution is -2.55. The lowest BCUT2D eigenvalue weighted by molar-refractivity contribution is 0.0960. The van der Waals surface area contributed by atoms with Crippen LogP contribution in [0.15, 0.2) is 0 Å². The number of carbonyl (C=O) groups is 1. The van der Waals surface area contributed by atoms with Gasteiger partial charge < -0.3 is 20.6 Å². The van der Waals surface area contributed by atoms with Crippen LogP contribution in [0.1, 0.15) is 0 Å². The van der Waals surface area contributed by atoms with Crippen molar-refractivity contribution in [1.82, 2.24) is 9.80 Å². The average molecular weight is 187 g/mol. The maximum atomic E-state index is 10.6. The molecule has 0 aliphatic carbocycles. The quantitative estimate of drug-likeness (QED) is 0.588. The fourth-order valence-corrected chi connectivity index (χ4v) is 1.57. The molecule has 2 amide bonds. The summed E-state index contributed by atoms with van der Waals surface area (Å²) < 4.78 is 0. The van der Waals surface area contributed by atoms with E-state index < -0.39 is 0 Å². The summed E-state index contributed by atoms with van der Waals surface area (Å²) in [4.78, 5) is 14.3. The van der Waals surface area contributed by atoms with Crippen LogP contribution in [0.4, 0.5) is 4.79 Å². The molecule has 13 heavy (non-hydrogen) atoms. The molecular formula is C8H17N3O2. The van der Waals surface area contributed by atoms with Crippen LogP contribution in [0.2, 0.25) is 0 Å². The number of nitrogens with two attached hydrogens (primary N) is 1. The first kappa shape index (κ1) is 10.3. The lowest BCUT2D eigenvalue weighted by Gasteiger charge is -2.39. The van der Waals surface area contributed by atoms with Crippen LogP contribution in [0.25, 0.3) is 0 Å². The van der Waals surface area contributed by atoms with Gasteiger partial charge >= 0.3 is 6.03 Å². The van der Waals surface area contributed by atoms with Crippen LogP contribution in [-0.2, 0) is 0 Å². The van der Waals surface area contributed by atoms with E-state index in [1.165, 1.54) is 0 Å². The fourth-order valence-electron chi connectivity index (χ4n) is 1.57. The van der Waals surface area contributed by atoms with Gasteiger partial charge in [-0.2, -0.15) is 0 Å². The zero-order valence-corrected chi connectivity index (χ0v) is 7.94. The molecule has 5 heteroatoms. The molecule has 1 aliphatic rings. The zero-order valence-electron chi connectivity index (χ0n) is 7.94. The van der Waals surface area contributed by atoms with Gasteiger partial charge in [0.15, 0.2) is 0 Å². The van der Waals surface area contributed by atoms with Crippen molar-refractivity contribution in [3.05, 3.63) is 0 Å². The van der Waals surface area contributed by atoms with E-state index in [2.05, 4.69) is 4.90 Å². The number of amides is 2. The molecule has 0 bridgehead atoms. The summed E-state index contributed by atoms with van der Waals surface area (Å²) in [6.07, 6.45) is 0. The summed E-state index contributed by atoms with van der Waals surface area (Å²) in [5.74, 6) is 0.518. The summed E-state index contributed by atoms with van der Waals surface area (Å²) >= 11 is 0. The van der Waals surface area contributed by atoms with Crippen LogP contribution < -0.4 is 5.73 Å². The number of urea groups is 1. The Bertz CT molecular complexity index is 180. The third kappa shape index (κ3) is 2.86. The second-order valence-electron chi connectivity index (χ2n) is 3.60. The molecule has 3 N–H and O–H groups in total. The van der Waals surface area contributed by atoms with Gasteiger partial charge in [-0.3, -0.25) is 0 Å². The van der Waals surface area contributed by atoms with Gasteiger partial charge in [-0.15, -0.1) is 0 Å². The number of rotatable bonds is 4. The Balaban J connectivity index is 2.10. The maximum absolute atomic E-state index is 10.6. The summed E-state index contributed by atoms with van der Waals surface area (Å²) in [5.41, 5.74) is 5.08. The summed E-state index contributed by atoms with van der Waals surface area (Å²) in [5, 5.41) is 8.65. The Kier molecular flexibility index (Phi) is 3.50. The highest BCUT2D eigenvalue weighted by atomic mass is 16.3. The number of aliphatic hydroxyl groups excluding tert-OH is 1. The van der Waals surface area contributed by atoms with Crippen molar-refractivity contribution in [1.29, 1.82) is 0 Å². The molecule has 0 spiro atoms. The minimum Gasteiger partial charge on any atom is -0.395 e. The molecule has 1 aliphatic heterocycles. The first-order chi connectivity index (χ1) is 6.13. The Morgan fingerprint density at radius 3 is 2.77 bits per heavy atom. The molecule has 1 rings (SSSR count). The largest absolute Gasteiger partial charge is 0.395 e. The Hall–Kier alpha value is -0.810. The minimum atomic E-state index is -0.332. The third-order valence-electron chi connectivity index (χ3n) is 2.32. The number of nitrogens with zero attached hydrogens (tertiary/aromatic N) is 2. The van der Waals surface area contributed by atoms with Gasteiger partial charge in [0.25, 0.3) is 0 Å². The normalized spacial score (nSPS) is 17.6. The summed E-state index contributed by atoms with van der Waals surface area (Å²) in [6.45, 7) is 3.30. The van der Waals surface area contributed by atoms with E-state index in [-0.39, 0.29) is 12.6 Å². The number of primary amides is 1. The van der Waals surface area contributed by atoms with Crippen LogP contribution in [-0.4, -0.2) is 60.8 Å². The Morgan fingerprint density at radius 2 is 2.31 bits per heavy atom. The monoisotopic (exact) mass is 187 g/mol. The number of likely N-dealkylation sites (tertiary alicyclic amines) is 1. The van der Waals surface area contributed by atoms with Crippen LogP contribution in [0.5, 0.6) is 0 Å². The molecular weight excluding hydrogens is 170 g/mol. The van der Waals surface area contributed by atoms with Crippen LogP contribution in [0, 0.1) is 5.92 Å². The predicted molar refractivity (Wildman–Crippen MR) is 49.2 cm³/mol. The number of carbonyl (C=O) groups excluding carboxylic acids is 1. The number of aliphatic hydroxyl groups is 1. The van der Waals surface area contributed by atoms with Crippen molar-refractivity contribution in [3.63, 3.8) is 0 Å². The molecule has 1 saturated heterocycles. The first-order valence-electron chi connectivity index (χ1n) is 4.47. The van der Waals surface area contributed by atoms with Gasteiger partial charge in [0.05, 0.1) is 6.61 Å². The zero-order chi connectivity index (χ0) is 9.84. The minimum absolute atomic E-state index is 0.183. The second-order valence-corrected chi connectivity index (χ2v) is 3.60. The Labute approximate surface area is 78.1 Å². The molecule has 0 atom stereocenters. The molecule has 0 aromatic heterocycles. The van der Waals surface area contributed by atoms with E-state index in [4.69, 9.17) is 10.8 Å². The highest BCUT2D eigenvalue weighted by Crippen LogP contribution is 2.15. The molecule has 76 valence electrons. The van der Waals surface area contributed by atoms with Crippen molar-refractivity contribution in [2.24, 2.45) is 11.7 Å². The molecule has 0 unspecified atom stereocenters. The van der Waals surface area contributed by atoms with E-state index in [1.807, 2.05) is 7.05 Å². The van der Waals surface area contributed by atoms with Gasteiger partial charge in [-0.1, -0.05) is 0 Å². The molecule has 0 aromatic carbocycles. The molecule has 1 heterocycles. The van der Waals surface area contributed by atoms with Crippen LogP contribution in [0.3, 0.4) is 0 Å². The standard InChI is InChI=1S/C8H17N3O2/c1-10(2-3-12)4-7-5-11(6-7)8(9)13/h7,12H,2-6H2,1H3,(H2,9,13). The number of hydrogen-bond acceptors (Lipinski definition) is 3. The Morgan fingerprint density at radius 1 is 1.69 bits per heavy atom. The molecule has 0 aromatic rings. The smallest absolute Gasteiger partial charge is 0.314 e. The third-order valence-corrected chi connectivity index (χ3v) is 2.32. The van der Waals surface area contributed by atoms with Crippen molar-refractivity contribution in [2.45, 2.75) is 0 Å². The van der Waals surface area contributed by atoms with Crippen molar-refractivity contribution < 1.29 is 9.90 Å². The molecule has 0 radical (unpaired) electrons. The predicted octanol–water partition coefficient (Wildman–Crippen LogP) is -1.08. The average Bonchev–Trinajstić information content (AvgIpc) is 1.95. The number of hydrogen-bond donors (Lipinski definition) is 2. The van der Waals surface area contributed by atoms with Crippen LogP contribution >= 0.6 is 0 Å². The first-order valence-corrected chi connectivity index (χ1v) is 4.47. The summed E-state index contributed by atoms with van der Waals surface area (Å²) in [7, 11) is 1.96. The lowest BCUT2D eigenvalue weighted by atomic mass is 10.0. The van der Waals surface area contributed by atoms with E-state index in [0.717, 1.165) is 19.6 Å². The van der Waals surface area contributed by atoms with Gasteiger partial charge in [-0.05, 0) is 7.05 Å². The molecule has 5 nitrogen and oxygen atoms in total. The fraction of sp³-hybridized carbons (Fsp3) is 0.875. The maximum Gasteiger partial charge on any atom is 0.314 e. The van der Waals surface area contributed by atoms with Crippen molar-refractivity contribution in [3.8, 4) is 0 Å². The molecule has 0 saturated carbocycles. The van der Waals surface area contributed by atoms with E-state index in [9.17, 15) is 4.79 Å². The van der Waals surface area contributed by atoms with Gasteiger partial charge in [0.1, 0.15) is 0 Å². The second kappa shape index (κ2) is 4.43. The van der Waals surface area contributed by atoms with E-state index >= 15 is 0 Å². The topological polar surface area (TPSA) is 69.8 Å². The van der Waals surface area contributed by atoms with Gasteiger partial charge in [-0.25, -0.2) is 4.79 Å². The van der Waals surface area contributed by atoms with Crippen molar-refractivity contribution in [2.75, 3.05) is 39.8 Å². The SMILES string of the molecule is CN(CCO)CC1CN(C(N)=O)C1.